The third-order valence-electron chi connectivity index (χ3n) is 5.64. The number of hydrogen-bond acceptors (Lipinski definition) is 9. The molecule has 0 bridgehead atoms. The number of anilines is 1. The third kappa shape index (κ3) is 4.71. The van der Waals surface area contributed by atoms with E-state index in [2.05, 4.69) is 15.3 Å². The molecule has 0 radical (unpaired) electrons. The number of sulfonamides is 1. The minimum Gasteiger partial charge on any atom is -0.506 e. The molecule has 1 atom stereocenters. The Morgan fingerprint density at radius 2 is 1.61 bits per heavy atom. The predicted octanol–water partition coefficient (Wildman–Crippen LogP) is 2.40. The van der Waals surface area contributed by atoms with Gasteiger partial charge >= 0.3 is 0 Å². The van der Waals surface area contributed by atoms with Crippen molar-refractivity contribution in [3.8, 4) is 5.75 Å². The number of phenols is 1. The second-order valence-corrected chi connectivity index (χ2v) is 9.89. The molecule has 0 saturated carbocycles. The number of benzene rings is 3. The maximum Gasteiger partial charge on any atom is 0.280 e. The number of carbonyl (C=O) groups excluding carboxylic acids is 1. The van der Waals surface area contributed by atoms with E-state index in [1.165, 1.54) is 5.01 Å². The van der Waals surface area contributed by atoms with Crippen LogP contribution in [0, 0.1) is 0 Å². The van der Waals surface area contributed by atoms with E-state index in [0.717, 1.165) is 10.4 Å². The minimum absolute atomic E-state index is 0.000762. The number of fused-ring (bicyclic) bond motifs is 1. The van der Waals surface area contributed by atoms with Gasteiger partial charge in [-0.15, -0.1) is 0 Å². The molecule has 11 nitrogen and oxygen atoms in total. The molecule has 1 unspecified atom stereocenters. The Hall–Kier alpha value is -3.71. The zero-order chi connectivity index (χ0) is 25.9. The molecule has 36 heavy (non-hydrogen) atoms. The van der Waals surface area contributed by atoms with Gasteiger partial charge in [0, 0.05) is 29.9 Å². The van der Waals surface area contributed by atoms with Gasteiger partial charge in [-0.2, -0.15) is 24.6 Å². The smallest absolute Gasteiger partial charge is 0.280 e. The van der Waals surface area contributed by atoms with Crippen molar-refractivity contribution in [2.75, 3.05) is 31.3 Å². The number of aromatic hydroxyl groups is 1. The number of hydrogen-bond donors (Lipinski definition) is 3. The van der Waals surface area contributed by atoms with Crippen molar-refractivity contribution in [3.05, 3.63) is 60.7 Å². The summed E-state index contributed by atoms with van der Waals surface area (Å²) in [5, 5.41) is 43.7. The number of azo groups is 1. The van der Waals surface area contributed by atoms with Crippen LogP contribution < -0.4 is 5.01 Å². The molecule has 12 heteroatoms. The van der Waals surface area contributed by atoms with Gasteiger partial charge in [-0.25, -0.2) is 8.42 Å². The number of rotatable bonds is 9. The molecule has 0 aliphatic carbocycles. The predicted molar refractivity (Wildman–Crippen MR) is 134 cm³/mol. The van der Waals surface area contributed by atoms with Crippen LogP contribution >= 0.6 is 0 Å². The van der Waals surface area contributed by atoms with Gasteiger partial charge in [-0.3, -0.25) is 4.79 Å². The molecule has 1 heterocycles. The Morgan fingerprint density at radius 3 is 2.25 bits per heavy atom. The summed E-state index contributed by atoms with van der Waals surface area (Å²) in [5.41, 5.74) is 0.996. The topological polar surface area (TPSA) is 155 Å². The summed E-state index contributed by atoms with van der Waals surface area (Å²) < 4.78 is 27.5. The minimum atomic E-state index is -4.18. The lowest BCUT2D eigenvalue weighted by Gasteiger charge is -2.21. The highest BCUT2D eigenvalue weighted by Gasteiger charge is 2.35. The lowest BCUT2D eigenvalue weighted by molar-refractivity contribution is -0.117. The first kappa shape index (κ1) is 25.4. The summed E-state index contributed by atoms with van der Waals surface area (Å²) in [6.45, 7) is 0.326. The second kappa shape index (κ2) is 10.5. The quantitative estimate of drug-likeness (QED) is 0.375. The standard InChI is InChI=1S/C24H25N5O6S/c1-16-22(24(33)29(27-16)17-7-3-2-4-8-17)25-26-23-19-10-6-5-9-18(19)21(15-20(23)32)36(34,35)28(11-13-30)12-14-31/h2-10,15,22,30-32H,11-14H2,1H3. The lowest BCUT2D eigenvalue weighted by Crippen LogP contribution is -2.36. The van der Waals surface area contributed by atoms with Gasteiger partial charge in [0.15, 0.2) is 6.04 Å². The number of nitrogens with zero attached hydrogens (tertiary/aromatic N) is 5. The summed E-state index contributed by atoms with van der Waals surface area (Å²) in [4.78, 5) is 12.7. The summed E-state index contributed by atoms with van der Waals surface area (Å²) in [5.74, 6) is -0.863. The maximum absolute atomic E-state index is 13.3. The molecule has 0 spiro atoms. The van der Waals surface area contributed by atoms with Crippen LogP contribution in [0.2, 0.25) is 0 Å². The molecule has 1 aliphatic heterocycles. The maximum atomic E-state index is 13.3. The summed E-state index contributed by atoms with van der Waals surface area (Å²) in [6.07, 6.45) is 0. The number of aliphatic hydroxyl groups excluding tert-OH is 2. The van der Waals surface area contributed by atoms with Crippen LogP contribution in [0.15, 0.2) is 80.9 Å². The Kier molecular flexibility index (Phi) is 7.40. The van der Waals surface area contributed by atoms with Gasteiger partial charge in [0.1, 0.15) is 11.4 Å². The molecular weight excluding hydrogens is 486 g/mol. The molecular formula is C24H25N5O6S. The fourth-order valence-electron chi connectivity index (χ4n) is 3.90. The Labute approximate surface area is 207 Å². The first-order chi connectivity index (χ1) is 17.3. The molecule has 4 rings (SSSR count). The Balaban J connectivity index is 1.74. The number of amides is 1. The van der Waals surface area contributed by atoms with Gasteiger partial charge in [0.25, 0.3) is 5.91 Å². The largest absolute Gasteiger partial charge is 0.506 e. The number of hydrazone groups is 1. The van der Waals surface area contributed by atoms with E-state index in [4.69, 9.17) is 0 Å². The number of carbonyl (C=O) groups is 1. The number of aliphatic hydroxyl groups is 2. The molecule has 0 fully saturated rings. The van der Waals surface area contributed by atoms with E-state index in [9.17, 15) is 28.5 Å². The summed E-state index contributed by atoms with van der Waals surface area (Å²) >= 11 is 0. The van der Waals surface area contributed by atoms with Crippen molar-refractivity contribution in [2.45, 2.75) is 17.9 Å². The van der Waals surface area contributed by atoms with Gasteiger partial charge in [0.2, 0.25) is 10.0 Å². The molecule has 0 aromatic heterocycles. The van der Waals surface area contributed by atoms with Crippen LogP contribution in [-0.4, -0.2) is 72.0 Å². The summed E-state index contributed by atoms with van der Waals surface area (Å²) in [6, 6.07) is 15.3. The number of phenolic OH excluding ortho intramolecular Hbond substituents is 1. The fraction of sp³-hybridized carbons (Fsp3) is 0.250. The van der Waals surface area contributed by atoms with E-state index in [0.29, 0.717) is 16.8 Å². The molecule has 3 aromatic rings. The van der Waals surface area contributed by atoms with E-state index in [1.807, 2.05) is 6.07 Å². The van der Waals surface area contributed by atoms with E-state index in [1.54, 1.807) is 55.5 Å². The molecule has 1 amide bonds. The van der Waals surface area contributed by atoms with Crippen molar-refractivity contribution in [1.29, 1.82) is 0 Å². The van der Waals surface area contributed by atoms with Gasteiger partial charge in [-0.1, -0.05) is 42.5 Å². The average molecular weight is 512 g/mol. The van der Waals surface area contributed by atoms with Gasteiger partial charge in [-0.05, 0) is 19.1 Å². The van der Waals surface area contributed by atoms with Crippen molar-refractivity contribution in [1.82, 2.24) is 4.31 Å². The van der Waals surface area contributed by atoms with Crippen molar-refractivity contribution in [3.63, 3.8) is 0 Å². The highest BCUT2D eigenvalue weighted by atomic mass is 32.2. The Bertz CT molecular complexity index is 1440. The number of para-hydroxylation sites is 1. The van der Waals surface area contributed by atoms with Crippen LogP contribution in [0.3, 0.4) is 0 Å². The molecule has 3 N–H and O–H groups in total. The average Bonchev–Trinajstić information content (AvgIpc) is 3.16. The van der Waals surface area contributed by atoms with Crippen LogP contribution in [0.25, 0.3) is 10.8 Å². The second-order valence-electron chi connectivity index (χ2n) is 7.98. The van der Waals surface area contributed by atoms with Crippen LogP contribution in [0.1, 0.15) is 6.92 Å². The highest BCUT2D eigenvalue weighted by molar-refractivity contribution is 7.89. The van der Waals surface area contributed by atoms with Crippen LogP contribution in [-0.2, 0) is 14.8 Å². The molecule has 188 valence electrons. The van der Waals surface area contributed by atoms with E-state index >= 15 is 0 Å². The molecule has 3 aromatic carbocycles. The lowest BCUT2D eigenvalue weighted by atomic mass is 10.1. The van der Waals surface area contributed by atoms with Crippen LogP contribution in [0.5, 0.6) is 5.75 Å². The van der Waals surface area contributed by atoms with E-state index in [-0.39, 0.29) is 29.1 Å². The van der Waals surface area contributed by atoms with Gasteiger partial charge < -0.3 is 15.3 Å². The Morgan fingerprint density at radius 1 is 1.00 bits per heavy atom. The third-order valence-corrected chi connectivity index (χ3v) is 7.58. The molecule has 1 aliphatic rings. The fourth-order valence-corrected chi connectivity index (χ4v) is 5.54. The summed E-state index contributed by atoms with van der Waals surface area (Å²) in [7, 11) is -4.18. The molecule has 0 saturated heterocycles. The first-order valence-electron chi connectivity index (χ1n) is 11.1. The zero-order valence-electron chi connectivity index (χ0n) is 19.4. The SMILES string of the molecule is CC1=NN(c2ccccc2)C(=O)C1N=Nc1c(O)cc(S(=O)(=O)N(CCO)CCO)c2ccccc12. The first-order valence-corrected chi connectivity index (χ1v) is 12.5. The van der Waals surface area contributed by atoms with Crippen molar-refractivity contribution < 1.29 is 28.5 Å². The normalized spacial score (nSPS) is 16.4. The van der Waals surface area contributed by atoms with Gasteiger partial charge in [0.05, 0.1) is 29.5 Å². The van der Waals surface area contributed by atoms with Crippen molar-refractivity contribution in [2.24, 2.45) is 15.3 Å². The van der Waals surface area contributed by atoms with Crippen molar-refractivity contribution >= 4 is 43.8 Å². The van der Waals surface area contributed by atoms with Crippen LogP contribution in [0.4, 0.5) is 11.4 Å². The highest BCUT2D eigenvalue weighted by Crippen LogP contribution is 2.40. The van der Waals surface area contributed by atoms with E-state index < -0.39 is 40.9 Å². The zero-order valence-corrected chi connectivity index (χ0v) is 20.2. The monoisotopic (exact) mass is 511 g/mol.